The number of benzene rings is 2. The molecule has 262 valence electrons. The van der Waals surface area contributed by atoms with E-state index in [4.69, 9.17) is 33.3 Å². The Hall–Kier alpha value is -4.62. The summed E-state index contributed by atoms with van der Waals surface area (Å²) in [5, 5.41) is 19.1. The van der Waals surface area contributed by atoms with Gasteiger partial charge in [0.05, 0.1) is 28.0 Å². The van der Waals surface area contributed by atoms with Crippen LogP contribution in [0, 0.1) is 16.6 Å². The van der Waals surface area contributed by atoms with Gasteiger partial charge in [-0.1, -0.05) is 62.2 Å². The zero-order valence-electron chi connectivity index (χ0n) is 27.3. The number of halogens is 5. The van der Waals surface area contributed by atoms with Crippen molar-refractivity contribution in [1.29, 1.82) is 5.41 Å². The predicted molar refractivity (Wildman–Crippen MR) is 182 cm³/mol. The Balaban J connectivity index is 1.42. The summed E-state index contributed by atoms with van der Waals surface area (Å²) >= 11 is 13.1. The van der Waals surface area contributed by atoms with Crippen LogP contribution in [0.15, 0.2) is 67.1 Å². The first-order valence-corrected chi connectivity index (χ1v) is 16.6. The van der Waals surface area contributed by atoms with E-state index in [1.807, 2.05) is 20.8 Å². The lowest BCUT2D eigenvalue weighted by Crippen LogP contribution is -2.48. The minimum Gasteiger partial charge on any atom is -0.447 e. The Kier molecular flexibility index (Phi) is 9.57. The van der Waals surface area contributed by atoms with E-state index in [2.05, 4.69) is 20.7 Å². The molecule has 2 aliphatic rings. The Morgan fingerprint density at radius 1 is 1.14 bits per heavy atom. The molecule has 2 aromatic carbocycles. The molecular formula is C35H34Cl2F3N7O3. The molecule has 15 heteroatoms. The number of alkyl halides is 2. The van der Waals surface area contributed by atoms with E-state index in [1.54, 1.807) is 36.5 Å². The molecule has 2 atom stereocenters. The molecule has 1 saturated carbocycles. The molecule has 0 unspecified atom stereocenters. The lowest BCUT2D eigenvalue weighted by atomic mass is 9.75. The van der Waals surface area contributed by atoms with Crippen molar-refractivity contribution in [2.24, 2.45) is 5.41 Å². The number of hydrogen-bond donors (Lipinski definition) is 3. The van der Waals surface area contributed by atoms with Crippen molar-refractivity contribution < 1.29 is 27.5 Å². The minimum atomic E-state index is -2.87. The van der Waals surface area contributed by atoms with Gasteiger partial charge >= 0.3 is 12.6 Å². The SMILES string of the molecule is CC(C)(C)C[C@]1(c2ccc(-c3cnn(C(F)F)c3)cc2F)NC(=N)N([C@H](COC(=O)NC2CC2)c2ccc(Cl)c(-c3ncccc3Cl)c2)C1=O. The fourth-order valence-corrected chi connectivity index (χ4v) is 6.60. The summed E-state index contributed by atoms with van der Waals surface area (Å²) in [6.07, 6.45) is 4.90. The highest BCUT2D eigenvalue weighted by Crippen LogP contribution is 2.44. The van der Waals surface area contributed by atoms with E-state index in [0.717, 1.165) is 30.0 Å². The molecule has 3 heterocycles. The molecule has 2 amide bonds. The lowest BCUT2D eigenvalue weighted by Gasteiger charge is -2.35. The van der Waals surface area contributed by atoms with E-state index in [0.29, 0.717) is 31.5 Å². The molecular weight excluding hydrogens is 694 g/mol. The number of alkyl carbamates (subject to hydrolysis) is 1. The fraction of sp³-hybridized carbons (Fsp3) is 0.343. The van der Waals surface area contributed by atoms with Crippen LogP contribution in [0.3, 0.4) is 0 Å². The second-order valence-corrected chi connectivity index (χ2v) is 14.4. The Labute approximate surface area is 296 Å². The van der Waals surface area contributed by atoms with Crippen molar-refractivity contribution >= 4 is 41.2 Å². The van der Waals surface area contributed by atoms with Gasteiger partial charge in [-0.25, -0.2) is 13.9 Å². The molecule has 2 aromatic heterocycles. The molecule has 0 spiro atoms. The molecule has 1 aliphatic heterocycles. The number of nitrogens with zero attached hydrogens (tertiary/aromatic N) is 4. The molecule has 50 heavy (non-hydrogen) atoms. The summed E-state index contributed by atoms with van der Waals surface area (Å²) in [5.74, 6) is -1.79. The maximum absolute atomic E-state index is 16.3. The maximum Gasteiger partial charge on any atom is 0.407 e. The van der Waals surface area contributed by atoms with Crippen LogP contribution < -0.4 is 10.6 Å². The van der Waals surface area contributed by atoms with E-state index in [9.17, 15) is 18.4 Å². The largest absolute Gasteiger partial charge is 0.447 e. The first-order valence-electron chi connectivity index (χ1n) is 15.8. The average Bonchev–Trinajstić information content (AvgIpc) is 3.64. The van der Waals surface area contributed by atoms with E-state index >= 15 is 4.39 Å². The standard InChI is InChI=1S/C35H34Cl2F3N7O3/c1-34(2,3)18-35(24-10-6-19(14-27(24)38)21-15-43-46(16-21)31(39)40)30(48)47(32(41)45-35)28(17-50-33(49)44-22-8-9-22)20-7-11-25(36)23(13-20)29-26(37)5-4-12-42-29/h4-7,10-16,22,28,31H,8-9,17-18H2,1-3H3,(H2,41,45)(H,44,49)/t28-,35-/m1/s1. The number of aromatic nitrogens is 3. The quantitative estimate of drug-likeness (QED) is 0.152. The number of pyridine rings is 1. The average molecular weight is 729 g/mol. The highest BCUT2D eigenvalue weighted by atomic mass is 35.5. The van der Waals surface area contributed by atoms with Gasteiger partial charge in [-0.15, -0.1) is 0 Å². The Bertz CT molecular complexity index is 1960. The van der Waals surface area contributed by atoms with Gasteiger partial charge in [-0.3, -0.25) is 20.1 Å². The summed E-state index contributed by atoms with van der Waals surface area (Å²) in [6.45, 7) is 2.42. The second-order valence-electron chi connectivity index (χ2n) is 13.6. The van der Waals surface area contributed by atoms with Gasteiger partial charge in [0.25, 0.3) is 5.91 Å². The molecule has 10 nitrogen and oxygen atoms in total. The molecule has 1 saturated heterocycles. The van der Waals surface area contributed by atoms with Crippen molar-refractivity contribution in [2.45, 2.75) is 64.2 Å². The Morgan fingerprint density at radius 2 is 1.90 bits per heavy atom. The first kappa shape index (κ1) is 35.2. The van der Waals surface area contributed by atoms with Crippen LogP contribution in [0.4, 0.5) is 18.0 Å². The van der Waals surface area contributed by atoms with E-state index < -0.39 is 41.4 Å². The summed E-state index contributed by atoms with van der Waals surface area (Å²) < 4.78 is 48.7. The van der Waals surface area contributed by atoms with Crippen molar-refractivity contribution in [3.63, 3.8) is 0 Å². The van der Waals surface area contributed by atoms with Gasteiger partial charge in [0.15, 0.2) is 5.96 Å². The normalized spacial score (nSPS) is 18.4. The molecule has 2 fully saturated rings. The van der Waals surface area contributed by atoms with Gasteiger partial charge in [-0.2, -0.15) is 13.9 Å². The van der Waals surface area contributed by atoms with E-state index in [-0.39, 0.29) is 41.7 Å². The van der Waals surface area contributed by atoms with Crippen molar-refractivity contribution in [3.05, 3.63) is 94.1 Å². The minimum absolute atomic E-state index is 0.0119. The van der Waals surface area contributed by atoms with Gasteiger partial charge in [0.2, 0.25) is 0 Å². The molecule has 4 aromatic rings. The summed E-state index contributed by atoms with van der Waals surface area (Å²) in [4.78, 5) is 33.1. The summed E-state index contributed by atoms with van der Waals surface area (Å²) in [7, 11) is 0. The van der Waals surface area contributed by atoms with Gasteiger partial charge in [0.1, 0.15) is 18.0 Å². The number of guanidine groups is 1. The summed E-state index contributed by atoms with van der Waals surface area (Å²) in [6, 6.07) is 11.3. The number of rotatable bonds is 10. The predicted octanol–water partition coefficient (Wildman–Crippen LogP) is 8.08. The lowest BCUT2D eigenvalue weighted by molar-refractivity contribution is -0.135. The van der Waals surface area contributed by atoms with Crippen LogP contribution >= 0.6 is 23.2 Å². The smallest absolute Gasteiger partial charge is 0.407 e. The second kappa shape index (κ2) is 13.6. The number of ether oxygens (including phenoxy) is 1. The number of carbonyl (C=O) groups excluding carboxylic acids is 2. The molecule has 6 rings (SSSR count). The van der Waals surface area contributed by atoms with Crippen LogP contribution in [0.2, 0.25) is 10.0 Å². The third-order valence-corrected chi connectivity index (χ3v) is 9.12. The van der Waals surface area contributed by atoms with Crippen molar-refractivity contribution in [2.75, 3.05) is 6.61 Å². The van der Waals surface area contributed by atoms with Crippen LogP contribution in [0.1, 0.15) is 63.8 Å². The molecule has 0 radical (unpaired) electrons. The summed E-state index contributed by atoms with van der Waals surface area (Å²) in [5.41, 5.74) is -0.560. The number of hydrogen-bond acceptors (Lipinski definition) is 6. The zero-order chi connectivity index (χ0) is 36.0. The fourth-order valence-electron chi connectivity index (χ4n) is 6.17. The molecule has 0 bridgehead atoms. The molecule has 3 N–H and O–H groups in total. The molecule has 1 aliphatic carbocycles. The van der Waals surface area contributed by atoms with Crippen LogP contribution in [0.5, 0.6) is 0 Å². The third kappa shape index (κ3) is 7.15. The highest BCUT2D eigenvalue weighted by Gasteiger charge is 2.55. The topological polar surface area (TPSA) is 125 Å². The van der Waals surface area contributed by atoms with Crippen LogP contribution in [-0.4, -0.2) is 50.3 Å². The van der Waals surface area contributed by atoms with E-state index in [1.165, 1.54) is 18.3 Å². The number of amides is 2. The number of carbonyl (C=O) groups is 2. The number of nitrogens with one attached hydrogen (secondary N) is 3. The maximum atomic E-state index is 16.3. The van der Waals surface area contributed by atoms with Crippen LogP contribution in [0.25, 0.3) is 22.4 Å². The van der Waals surface area contributed by atoms with Gasteiger partial charge in [-0.05, 0) is 66.1 Å². The van der Waals surface area contributed by atoms with Gasteiger partial charge in [0, 0.05) is 35.1 Å². The highest BCUT2D eigenvalue weighted by molar-refractivity contribution is 6.36. The van der Waals surface area contributed by atoms with Crippen LogP contribution in [-0.2, 0) is 15.1 Å². The monoisotopic (exact) mass is 727 g/mol. The zero-order valence-corrected chi connectivity index (χ0v) is 28.8. The first-order chi connectivity index (χ1) is 23.7. The third-order valence-electron chi connectivity index (χ3n) is 8.49. The Morgan fingerprint density at radius 3 is 2.54 bits per heavy atom. The van der Waals surface area contributed by atoms with Crippen molar-refractivity contribution in [3.8, 4) is 22.4 Å². The van der Waals surface area contributed by atoms with Gasteiger partial charge < -0.3 is 15.4 Å². The van der Waals surface area contributed by atoms with Crippen molar-refractivity contribution in [1.82, 2.24) is 30.3 Å².